The molecule has 2 unspecified atom stereocenters. The maximum atomic E-state index is 10.4. The fourth-order valence-corrected chi connectivity index (χ4v) is 4.24. The molecule has 26 heavy (non-hydrogen) atoms. The minimum absolute atomic E-state index is 0.0895. The van der Waals surface area contributed by atoms with Gasteiger partial charge in [-0.1, -0.05) is 24.3 Å². The Morgan fingerprint density at radius 3 is 2.50 bits per heavy atom. The lowest BCUT2D eigenvalue weighted by Gasteiger charge is -2.31. The van der Waals surface area contributed by atoms with Crippen LogP contribution in [0.1, 0.15) is 31.0 Å². The number of fused-ring (bicyclic) bond motifs is 2. The Bertz CT molecular complexity index is 996. The highest BCUT2D eigenvalue weighted by atomic mass is 16.5. The van der Waals surface area contributed by atoms with Crippen molar-refractivity contribution in [3.63, 3.8) is 0 Å². The second kappa shape index (κ2) is 6.22. The van der Waals surface area contributed by atoms with E-state index < -0.39 is 0 Å². The van der Waals surface area contributed by atoms with E-state index >= 15 is 0 Å². The van der Waals surface area contributed by atoms with Crippen LogP contribution in [0.2, 0.25) is 0 Å². The molecule has 0 radical (unpaired) electrons. The fourth-order valence-electron chi connectivity index (χ4n) is 4.24. The van der Waals surface area contributed by atoms with Gasteiger partial charge in [0.2, 0.25) is 0 Å². The molecule has 0 spiro atoms. The Balaban J connectivity index is 2.04. The van der Waals surface area contributed by atoms with E-state index in [1.165, 1.54) is 5.56 Å². The van der Waals surface area contributed by atoms with E-state index in [0.29, 0.717) is 22.9 Å². The standard InChI is InChI=1S/C22H23NO3/c1-12-11-17-15(7-9-19(25)21(17)13(2)23-12)14-8-10-20(26-3)22-16(14)5-4-6-18(22)24/h4-10,12-13,23-25H,11H2,1-3H3. The average Bonchev–Trinajstić information content (AvgIpc) is 2.61. The minimum atomic E-state index is 0.0895. The molecular weight excluding hydrogens is 326 g/mol. The van der Waals surface area contributed by atoms with Gasteiger partial charge in [-0.25, -0.2) is 0 Å². The Morgan fingerprint density at radius 2 is 1.73 bits per heavy atom. The van der Waals surface area contributed by atoms with E-state index in [4.69, 9.17) is 4.74 Å². The summed E-state index contributed by atoms with van der Waals surface area (Å²) in [6.45, 7) is 4.24. The molecule has 2 atom stereocenters. The number of nitrogens with one attached hydrogen (secondary N) is 1. The van der Waals surface area contributed by atoms with E-state index in [-0.39, 0.29) is 11.8 Å². The number of methoxy groups -OCH3 is 1. The second-order valence-electron chi connectivity index (χ2n) is 7.03. The molecule has 4 heteroatoms. The van der Waals surface area contributed by atoms with Gasteiger partial charge in [-0.15, -0.1) is 0 Å². The molecule has 3 aromatic rings. The molecule has 0 saturated heterocycles. The van der Waals surface area contributed by atoms with Crippen LogP contribution in [0.3, 0.4) is 0 Å². The van der Waals surface area contributed by atoms with Crippen molar-refractivity contribution in [2.24, 2.45) is 0 Å². The number of hydrogen-bond donors (Lipinski definition) is 3. The quantitative estimate of drug-likeness (QED) is 0.636. The first kappa shape index (κ1) is 16.7. The molecule has 3 aromatic carbocycles. The van der Waals surface area contributed by atoms with Crippen LogP contribution >= 0.6 is 0 Å². The number of benzene rings is 3. The summed E-state index contributed by atoms with van der Waals surface area (Å²) < 4.78 is 5.46. The first-order valence-corrected chi connectivity index (χ1v) is 8.91. The van der Waals surface area contributed by atoms with Gasteiger partial charge in [0.05, 0.1) is 12.5 Å². The summed E-state index contributed by atoms with van der Waals surface area (Å²) in [4.78, 5) is 0. The lowest BCUT2D eigenvalue weighted by atomic mass is 9.83. The SMILES string of the molecule is COc1ccc(-c2ccc(O)c3c2CC(C)NC3C)c2cccc(O)c12. The van der Waals surface area contributed by atoms with Crippen molar-refractivity contribution in [1.29, 1.82) is 0 Å². The summed E-state index contributed by atoms with van der Waals surface area (Å²) >= 11 is 0. The zero-order valence-corrected chi connectivity index (χ0v) is 15.2. The number of phenols is 2. The third-order valence-electron chi connectivity index (χ3n) is 5.30. The normalized spacial score (nSPS) is 19.3. The topological polar surface area (TPSA) is 61.7 Å². The van der Waals surface area contributed by atoms with Gasteiger partial charge in [0.1, 0.15) is 17.2 Å². The summed E-state index contributed by atoms with van der Waals surface area (Å²) in [5.41, 5.74) is 4.26. The summed E-state index contributed by atoms with van der Waals surface area (Å²) in [7, 11) is 1.61. The largest absolute Gasteiger partial charge is 0.508 e. The molecule has 0 amide bonds. The van der Waals surface area contributed by atoms with Gasteiger partial charge >= 0.3 is 0 Å². The van der Waals surface area contributed by atoms with Gasteiger partial charge in [0.25, 0.3) is 0 Å². The number of rotatable bonds is 2. The summed E-state index contributed by atoms with van der Waals surface area (Å²) in [5.74, 6) is 1.19. The monoisotopic (exact) mass is 349 g/mol. The Hall–Kier alpha value is -2.72. The van der Waals surface area contributed by atoms with Crippen LogP contribution in [0.5, 0.6) is 17.2 Å². The van der Waals surface area contributed by atoms with Gasteiger partial charge in [-0.05, 0) is 60.5 Å². The number of hydrogen-bond acceptors (Lipinski definition) is 4. The van der Waals surface area contributed by atoms with Gasteiger partial charge < -0.3 is 20.3 Å². The zero-order chi connectivity index (χ0) is 18.4. The van der Waals surface area contributed by atoms with Crippen LogP contribution in [-0.4, -0.2) is 23.4 Å². The van der Waals surface area contributed by atoms with E-state index in [0.717, 1.165) is 28.5 Å². The highest BCUT2D eigenvalue weighted by molar-refractivity contribution is 6.04. The van der Waals surface area contributed by atoms with Crippen LogP contribution in [0.4, 0.5) is 0 Å². The molecule has 0 fully saturated rings. The summed E-state index contributed by atoms with van der Waals surface area (Å²) in [6.07, 6.45) is 0.843. The molecule has 0 bridgehead atoms. The lowest BCUT2D eigenvalue weighted by molar-refractivity contribution is 0.410. The van der Waals surface area contributed by atoms with Crippen LogP contribution < -0.4 is 10.1 Å². The highest BCUT2D eigenvalue weighted by Gasteiger charge is 2.27. The molecule has 134 valence electrons. The summed E-state index contributed by atoms with van der Waals surface area (Å²) in [6, 6.07) is 13.6. The first-order chi connectivity index (χ1) is 12.5. The van der Waals surface area contributed by atoms with Crippen LogP contribution in [-0.2, 0) is 6.42 Å². The van der Waals surface area contributed by atoms with Crippen molar-refractivity contribution in [3.8, 4) is 28.4 Å². The number of aromatic hydroxyl groups is 2. The van der Waals surface area contributed by atoms with Gasteiger partial charge in [-0.2, -0.15) is 0 Å². The number of ether oxygens (including phenoxy) is 1. The number of phenolic OH excluding ortho intramolecular Hbond substituents is 2. The van der Waals surface area contributed by atoms with Gasteiger partial charge in [-0.3, -0.25) is 0 Å². The third kappa shape index (κ3) is 2.49. The van der Waals surface area contributed by atoms with Crippen molar-refractivity contribution >= 4 is 10.8 Å². The molecule has 1 heterocycles. The second-order valence-corrected chi connectivity index (χ2v) is 7.03. The van der Waals surface area contributed by atoms with E-state index in [9.17, 15) is 10.2 Å². The maximum Gasteiger partial charge on any atom is 0.130 e. The maximum absolute atomic E-state index is 10.4. The summed E-state index contributed by atoms with van der Waals surface area (Å²) in [5, 5.41) is 26.0. The molecule has 4 nitrogen and oxygen atoms in total. The molecule has 0 saturated carbocycles. The lowest BCUT2D eigenvalue weighted by Crippen LogP contribution is -2.36. The molecule has 0 aliphatic carbocycles. The van der Waals surface area contributed by atoms with Crippen molar-refractivity contribution < 1.29 is 14.9 Å². The van der Waals surface area contributed by atoms with Crippen molar-refractivity contribution in [3.05, 3.63) is 53.6 Å². The van der Waals surface area contributed by atoms with Gasteiger partial charge in [0.15, 0.2) is 0 Å². The van der Waals surface area contributed by atoms with E-state index in [1.54, 1.807) is 19.2 Å². The first-order valence-electron chi connectivity index (χ1n) is 8.91. The van der Waals surface area contributed by atoms with Crippen molar-refractivity contribution in [1.82, 2.24) is 5.32 Å². The van der Waals surface area contributed by atoms with Crippen LogP contribution in [0.15, 0.2) is 42.5 Å². The molecule has 3 N–H and O–H groups in total. The van der Waals surface area contributed by atoms with Crippen LogP contribution in [0.25, 0.3) is 21.9 Å². The van der Waals surface area contributed by atoms with E-state index in [1.807, 2.05) is 30.3 Å². The Morgan fingerprint density at radius 1 is 0.962 bits per heavy atom. The molecule has 1 aliphatic heterocycles. The van der Waals surface area contributed by atoms with E-state index in [2.05, 4.69) is 19.2 Å². The van der Waals surface area contributed by atoms with Crippen molar-refractivity contribution in [2.45, 2.75) is 32.4 Å². The van der Waals surface area contributed by atoms with Crippen molar-refractivity contribution in [2.75, 3.05) is 7.11 Å². The molecule has 1 aliphatic rings. The highest BCUT2D eigenvalue weighted by Crippen LogP contribution is 2.44. The predicted octanol–water partition coefficient (Wildman–Crippen LogP) is 4.52. The smallest absolute Gasteiger partial charge is 0.130 e. The third-order valence-corrected chi connectivity index (χ3v) is 5.30. The zero-order valence-electron chi connectivity index (χ0n) is 15.2. The average molecular weight is 349 g/mol. The van der Waals surface area contributed by atoms with Gasteiger partial charge in [0, 0.05) is 17.6 Å². The Kier molecular flexibility index (Phi) is 4.00. The Labute approximate surface area is 153 Å². The molecule has 0 aromatic heterocycles. The predicted molar refractivity (Wildman–Crippen MR) is 104 cm³/mol. The molecule has 4 rings (SSSR count). The van der Waals surface area contributed by atoms with Crippen LogP contribution in [0, 0.1) is 0 Å². The molecular formula is C22H23NO3. The minimum Gasteiger partial charge on any atom is -0.508 e. The fraction of sp³-hybridized carbons (Fsp3) is 0.273.